The van der Waals surface area contributed by atoms with Crippen LogP contribution in [0, 0.1) is 0 Å². The maximum absolute atomic E-state index is 5.28. The summed E-state index contributed by atoms with van der Waals surface area (Å²) in [6, 6.07) is 34.5. The summed E-state index contributed by atoms with van der Waals surface area (Å²) >= 11 is 0. The number of hydrogen-bond donors (Lipinski definition) is 1. The van der Waals surface area contributed by atoms with Gasteiger partial charge in [-0.2, -0.15) is 0 Å². The molecule has 0 saturated carbocycles. The van der Waals surface area contributed by atoms with Crippen molar-refractivity contribution in [2.45, 2.75) is 38.5 Å². The summed E-state index contributed by atoms with van der Waals surface area (Å²) in [6.07, 6.45) is 8.60. The van der Waals surface area contributed by atoms with Crippen LogP contribution >= 0.6 is 0 Å². The van der Waals surface area contributed by atoms with Crippen LogP contribution < -0.4 is 0 Å². The van der Waals surface area contributed by atoms with Crippen molar-refractivity contribution in [2.75, 3.05) is 0 Å². The Morgan fingerprint density at radius 2 is 1.15 bits per heavy atom. The predicted molar refractivity (Wildman–Crippen MR) is 171 cm³/mol. The third kappa shape index (κ3) is 4.20. The second kappa shape index (κ2) is 9.42. The summed E-state index contributed by atoms with van der Waals surface area (Å²) in [4.78, 5) is 14.4. The van der Waals surface area contributed by atoms with Crippen LogP contribution in [-0.4, -0.2) is 16.4 Å². The number of allylic oxidation sites excluding steroid dienone is 5. The van der Waals surface area contributed by atoms with E-state index < -0.39 is 0 Å². The quantitative estimate of drug-likeness (QED) is 0.268. The highest BCUT2D eigenvalue weighted by Gasteiger charge is 2.32. The number of aliphatic imine (C=N–C) groups is 2. The third-order valence-corrected chi connectivity index (χ3v) is 8.75. The van der Waals surface area contributed by atoms with Crippen molar-refractivity contribution in [3.05, 3.63) is 166 Å². The SMILES string of the molecule is CC1(C)C2=NC(=C(c3ccccc3)C3=NC(=C(c4ccccc4)c4ccc([nH]4)C(C)(C)c4cccc1c4)C=C3)C=C2. The fourth-order valence-electron chi connectivity index (χ4n) is 6.07. The Hall–Kier alpha value is -4.76. The maximum Gasteiger partial charge on any atom is 0.0738 e. The lowest BCUT2D eigenvalue weighted by atomic mass is 9.75. The predicted octanol–water partition coefficient (Wildman–Crippen LogP) is 8.82. The van der Waals surface area contributed by atoms with E-state index in [9.17, 15) is 0 Å². The van der Waals surface area contributed by atoms with E-state index in [2.05, 4.69) is 154 Å². The first-order chi connectivity index (χ1) is 19.8. The maximum atomic E-state index is 5.28. The van der Waals surface area contributed by atoms with E-state index in [1.807, 2.05) is 0 Å². The van der Waals surface area contributed by atoms with Gasteiger partial charge in [0.1, 0.15) is 0 Å². The van der Waals surface area contributed by atoms with Gasteiger partial charge in [-0.05, 0) is 58.7 Å². The molecule has 3 aliphatic heterocycles. The van der Waals surface area contributed by atoms with Crippen LogP contribution in [0.25, 0.3) is 11.1 Å². The number of hydrogen-bond acceptors (Lipinski definition) is 2. The van der Waals surface area contributed by atoms with Crippen LogP contribution in [0.1, 0.15) is 61.3 Å². The molecule has 3 aliphatic rings. The molecule has 0 spiro atoms. The van der Waals surface area contributed by atoms with Crippen molar-refractivity contribution in [2.24, 2.45) is 9.98 Å². The number of benzene rings is 3. The molecule has 3 heteroatoms. The zero-order chi connectivity index (χ0) is 28.2. The molecule has 8 bridgehead atoms. The molecule has 1 N–H and O–H groups in total. The largest absolute Gasteiger partial charge is 0.358 e. The molecule has 0 aliphatic carbocycles. The molecule has 4 heterocycles. The van der Waals surface area contributed by atoms with Crippen LogP contribution in [0.5, 0.6) is 0 Å². The Labute approximate surface area is 242 Å². The summed E-state index contributed by atoms with van der Waals surface area (Å²) in [5.41, 5.74) is 12.4. The highest BCUT2D eigenvalue weighted by atomic mass is 14.8. The molecule has 7 rings (SSSR count). The lowest BCUT2D eigenvalue weighted by Gasteiger charge is -2.29. The van der Waals surface area contributed by atoms with E-state index in [0.717, 1.165) is 50.8 Å². The molecule has 0 radical (unpaired) electrons. The minimum Gasteiger partial charge on any atom is -0.358 e. The molecule has 3 nitrogen and oxygen atoms in total. The average molecular weight is 532 g/mol. The Balaban J connectivity index is 1.55. The van der Waals surface area contributed by atoms with Crippen LogP contribution in [0.15, 0.2) is 143 Å². The van der Waals surface area contributed by atoms with Crippen LogP contribution in [0.4, 0.5) is 0 Å². The van der Waals surface area contributed by atoms with E-state index in [0.29, 0.717) is 0 Å². The molecule has 41 heavy (non-hydrogen) atoms. The zero-order valence-corrected chi connectivity index (χ0v) is 23.9. The Bertz CT molecular complexity index is 1850. The van der Waals surface area contributed by atoms with Gasteiger partial charge in [0, 0.05) is 33.4 Å². The van der Waals surface area contributed by atoms with Gasteiger partial charge in [-0.15, -0.1) is 0 Å². The van der Waals surface area contributed by atoms with Crippen molar-refractivity contribution in [3.8, 4) is 0 Å². The van der Waals surface area contributed by atoms with Crippen molar-refractivity contribution in [1.82, 2.24) is 4.98 Å². The molecule has 0 saturated heterocycles. The summed E-state index contributed by atoms with van der Waals surface area (Å²) in [7, 11) is 0. The fourth-order valence-corrected chi connectivity index (χ4v) is 6.07. The number of aromatic amines is 1. The van der Waals surface area contributed by atoms with Gasteiger partial charge in [0.15, 0.2) is 0 Å². The van der Waals surface area contributed by atoms with Crippen LogP contribution in [0.3, 0.4) is 0 Å². The summed E-state index contributed by atoms with van der Waals surface area (Å²) in [5, 5.41) is 0. The number of rotatable bonds is 2. The minimum atomic E-state index is -0.275. The number of nitrogens with zero attached hydrogens (tertiary/aromatic N) is 2. The molecule has 0 fully saturated rings. The molecule has 0 atom stereocenters. The van der Waals surface area contributed by atoms with Crippen LogP contribution in [0.2, 0.25) is 0 Å². The van der Waals surface area contributed by atoms with Crippen molar-refractivity contribution >= 4 is 22.6 Å². The molecule has 0 unspecified atom stereocenters. The van der Waals surface area contributed by atoms with Gasteiger partial charge in [-0.3, -0.25) is 4.99 Å². The van der Waals surface area contributed by atoms with E-state index in [1.165, 1.54) is 16.8 Å². The first kappa shape index (κ1) is 25.2. The van der Waals surface area contributed by atoms with Crippen LogP contribution in [-0.2, 0) is 10.8 Å². The number of H-pyrrole nitrogens is 1. The lowest BCUT2D eigenvalue weighted by Crippen LogP contribution is -2.28. The van der Waals surface area contributed by atoms with E-state index in [1.54, 1.807) is 0 Å². The van der Waals surface area contributed by atoms with Gasteiger partial charge < -0.3 is 4.98 Å². The van der Waals surface area contributed by atoms with Gasteiger partial charge in [-0.25, -0.2) is 4.99 Å². The average Bonchev–Trinajstić information content (AvgIpc) is 3.77. The number of fused-ring (bicyclic) bond motifs is 6. The van der Waals surface area contributed by atoms with E-state index in [4.69, 9.17) is 9.98 Å². The second-order valence-corrected chi connectivity index (χ2v) is 12.0. The molecule has 4 aromatic rings. The molecule has 200 valence electrons. The van der Waals surface area contributed by atoms with Crippen molar-refractivity contribution in [3.63, 3.8) is 0 Å². The molecular weight excluding hydrogens is 498 g/mol. The van der Waals surface area contributed by atoms with Crippen molar-refractivity contribution in [1.29, 1.82) is 0 Å². The summed E-state index contributed by atoms with van der Waals surface area (Å²) in [5.74, 6) is 0. The normalized spacial score (nSPS) is 18.5. The topological polar surface area (TPSA) is 40.5 Å². The zero-order valence-electron chi connectivity index (χ0n) is 23.9. The third-order valence-electron chi connectivity index (χ3n) is 8.75. The first-order valence-electron chi connectivity index (χ1n) is 14.3. The number of aromatic nitrogens is 1. The monoisotopic (exact) mass is 531 g/mol. The smallest absolute Gasteiger partial charge is 0.0738 e. The summed E-state index contributed by atoms with van der Waals surface area (Å²) < 4.78 is 0. The van der Waals surface area contributed by atoms with Gasteiger partial charge in [0.25, 0.3) is 0 Å². The van der Waals surface area contributed by atoms with Gasteiger partial charge in [0.2, 0.25) is 0 Å². The number of nitrogens with one attached hydrogen (secondary N) is 1. The van der Waals surface area contributed by atoms with Gasteiger partial charge in [0.05, 0.1) is 22.8 Å². The molecule has 0 amide bonds. The first-order valence-corrected chi connectivity index (χ1v) is 14.3. The minimum absolute atomic E-state index is 0.229. The highest BCUT2D eigenvalue weighted by Crippen LogP contribution is 2.39. The molecule has 1 aromatic heterocycles. The second-order valence-electron chi connectivity index (χ2n) is 12.0. The fraction of sp³-hybridized carbons (Fsp3) is 0.158. The highest BCUT2D eigenvalue weighted by molar-refractivity contribution is 6.32. The summed E-state index contributed by atoms with van der Waals surface area (Å²) in [6.45, 7) is 9.12. The Kier molecular flexibility index (Phi) is 5.79. The standard InChI is InChI=1S/C38H33N3/c1-37(2)27-16-11-17-28(24-27)38(3,4)34-23-21-32(41-34)36(26-14-9-6-10-15-26)30-19-18-29(39-30)35(25-12-7-5-8-13-25)31-20-22-33(37)40-31/h5-24,40H,1-4H3. The van der Waals surface area contributed by atoms with Crippen molar-refractivity contribution < 1.29 is 0 Å². The lowest BCUT2D eigenvalue weighted by molar-refractivity contribution is 0.616. The van der Waals surface area contributed by atoms with Gasteiger partial charge in [-0.1, -0.05) is 113 Å². The van der Waals surface area contributed by atoms with E-state index in [-0.39, 0.29) is 10.8 Å². The molecule has 3 aromatic carbocycles. The Morgan fingerprint density at radius 1 is 0.537 bits per heavy atom. The molecular formula is C38H33N3. The Morgan fingerprint density at radius 3 is 1.85 bits per heavy atom. The van der Waals surface area contributed by atoms with E-state index >= 15 is 0 Å². The van der Waals surface area contributed by atoms with Gasteiger partial charge >= 0.3 is 0 Å².